The first-order valence-electron chi connectivity index (χ1n) is 6.72. The molecule has 2 saturated heterocycles. The monoisotopic (exact) mass is 317 g/mol. The molecular weight excluding hydrogens is 298 g/mol. The van der Waals surface area contributed by atoms with Crippen LogP contribution in [0.15, 0.2) is 11.6 Å². The minimum Gasteiger partial charge on any atom is -0.371 e. The molecule has 1 aromatic heterocycles. The van der Waals surface area contributed by atoms with Gasteiger partial charge in [0.2, 0.25) is 10.0 Å². The lowest BCUT2D eigenvalue weighted by Crippen LogP contribution is -2.50. The van der Waals surface area contributed by atoms with Gasteiger partial charge in [-0.3, -0.25) is 0 Å². The minimum atomic E-state index is -3.13. The maximum atomic E-state index is 11.7. The molecule has 1 N–H and O–H groups in total. The highest BCUT2D eigenvalue weighted by Gasteiger charge is 2.45. The molecule has 0 amide bonds. The molecule has 3 heterocycles. The lowest BCUT2D eigenvalue weighted by atomic mass is 9.90. The first-order chi connectivity index (χ1) is 9.47. The van der Waals surface area contributed by atoms with Crippen LogP contribution in [0.5, 0.6) is 0 Å². The van der Waals surface area contributed by atoms with Crippen molar-refractivity contribution in [3.63, 3.8) is 0 Å². The van der Waals surface area contributed by atoms with Crippen molar-refractivity contribution in [2.75, 3.05) is 31.3 Å². The molecule has 6 nitrogen and oxygen atoms in total. The zero-order valence-electron chi connectivity index (χ0n) is 11.4. The predicted octanol–water partition coefficient (Wildman–Crippen LogP) is 1.14. The fraction of sp³-hybridized carbons (Fsp3) is 0.750. The summed E-state index contributed by atoms with van der Waals surface area (Å²) in [6.45, 7) is 1.69. The van der Waals surface area contributed by atoms with Gasteiger partial charge in [0.1, 0.15) is 0 Å². The number of anilines is 1. The summed E-state index contributed by atoms with van der Waals surface area (Å²) in [7, 11) is -3.13. The number of hydrogen-bond acceptors (Lipinski definition) is 6. The molecular formula is C12H19N3O3S2. The van der Waals surface area contributed by atoms with Gasteiger partial charge in [0.15, 0.2) is 5.13 Å². The molecule has 3 rings (SSSR count). The number of ether oxygens (including phenoxy) is 1. The van der Waals surface area contributed by atoms with Crippen LogP contribution < -0.4 is 5.32 Å². The number of nitrogens with one attached hydrogen (secondary N) is 1. The average Bonchev–Trinajstić information content (AvgIpc) is 3.00. The Labute approximate surface area is 123 Å². The van der Waals surface area contributed by atoms with Crippen LogP contribution in [-0.4, -0.2) is 55.3 Å². The third-order valence-electron chi connectivity index (χ3n) is 3.94. The lowest BCUT2D eigenvalue weighted by molar-refractivity contribution is -0.0328. The number of aromatic nitrogens is 1. The smallest absolute Gasteiger partial charge is 0.211 e. The van der Waals surface area contributed by atoms with Gasteiger partial charge in [-0.2, -0.15) is 4.31 Å². The summed E-state index contributed by atoms with van der Waals surface area (Å²) in [4.78, 5) is 4.21. The van der Waals surface area contributed by atoms with Crippen molar-refractivity contribution in [3.05, 3.63) is 11.6 Å². The van der Waals surface area contributed by atoms with E-state index in [1.165, 1.54) is 6.26 Å². The summed E-state index contributed by atoms with van der Waals surface area (Å²) in [6, 6.07) is 0.209. The number of nitrogens with zero attached hydrogens (tertiary/aromatic N) is 2. The zero-order chi connectivity index (χ0) is 14.2. The highest BCUT2D eigenvalue weighted by atomic mass is 32.2. The number of piperidine rings is 1. The summed E-state index contributed by atoms with van der Waals surface area (Å²) in [5, 5.41) is 6.19. The first kappa shape index (κ1) is 14.2. The number of hydrogen-bond donors (Lipinski definition) is 1. The summed E-state index contributed by atoms with van der Waals surface area (Å²) in [5.74, 6) is 0. The molecule has 2 unspecified atom stereocenters. The van der Waals surface area contributed by atoms with Crippen LogP contribution in [0, 0.1) is 0 Å². The van der Waals surface area contributed by atoms with Gasteiger partial charge in [-0.15, -0.1) is 11.3 Å². The van der Waals surface area contributed by atoms with Gasteiger partial charge in [0, 0.05) is 31.1 Å². The van der Waals surface area contributed by atoms with E-state index in [9.17, 15) is 8.42 Å². The minimum absolute atomic E-state index is 0.209. The second-order valence-corrected chi connectivity index (χ2v) is 8.45. The predicted molar refractivity (Wildman–Crippen MR) is 78.5 cm³/mol. The van der Waals surface area contributed by atoms with Crippen LogP contribution in [0.4, 0.5) is 5.13 Å². The van der Waals surface area contributed by atoms with E-state index in [0.29, 0.717) is 19.7 Å². The first-order valence-corrected chi connectivity index (χ1v) is 9.45. The maximum Gasteiger partial charge on any atom is 0.211 e. The Balaban J connectivity index is 1.65. The Bertz CT molecular complexity index is 561. The summed E-state index contributed by atoms with van der Waals surface area (Å²) >= 11 is 1.57. The topological polar surface area (TPSA) is 71.5 Å². The van der Waals surface area contributed by atoms with Crippen LogP contribution in [0.25, 0.3) is 0 Å². The average molecular weight is 317 g/mol. The van der Waals surface area contributed by atoms with E-state index in [1.807, 2.05) is 5.38 Å². The van der Waals surface area contributed by atoms with Gasteiger partial charge >= 0.3 is 0 Å². The van der Waals surface area contributed by atoms with Crippen molar-refractivity contribution >= 4 is 26.5 Å². The largest absolute Gasteiger partial charge is 0.371 e. The van der Waals surface area contributed by atoms with Crippen LogP contribution >= 0.6 is 11.3 Å². The highest BCUT2D eigenvalue weighted by molar-refractivity contribution is 7.88. The van der Waals surface area contributed by atoms with E-state index in [-0.39, 0.29) is 11.6 Å². The van der Waals surface area contributed by atoms with Gasteiger partial charge in [-0.25, -0.2) is 13.4 Å². The molecule has 2 atom stereocenters. The Morgan fingerprint density at radius 2 is 2.45 bits per heavy atom. The van der Waals surface area contributed by atoms with Gasteiger partial charge in [0.05, 0.1) is 24.5 Å². The molecule has 1 aromatic rings. The van der Waals surface area contributed by atoms with E-state index in [1.54, 1.807) is 21.8 Å². The third-order valence-corrected chi connectivity index (χ3v) is 5.90. The van der Waals surface area contributed by atoms with Gasteiger partial charge < -0.3 is 10.1 Å². The van der Waals surface area contributed by atoms with Crippen molar-refractivity contribution < 1.29 is 13.2 Å². The molecule has 2 fully saturated rings. The summed E-state index contributed by atoms with van der Waals surface area (Å²) < 4.78 is 30.9. The van der Waals surface area contributed by atoms with E-state index in [0.717, 1.165) is 24.4 Å². The summed E-state index contributed by atoms with van der Waals surface area (Å²) in [5.41, 5.74) is -0.323. The van der Waals surface area contributed by atoms with Crippen LogP contribution in [0.3, 0.4) is 0 Å². The highest BCUT2D eigenvalue weighted by Crippen LogP contribution is 2.36. The van der Waals surface area contributed by atoms with Gasteiger partial charge in [-0.1, -0.05) is 0 Å². The van der Waals surface area contributed by atoms with E-state index >= 15 is 0 Å². The molecule has 2 aliphatic rings. The SMILES string of the molecule is CS(=O)(=O)N1CCCC2(CC(Nc3nccs3)CO2)C1. The van der Waals surface area contributed by atoms with Crippen LogP contribution in [-0.2, 0) is 14.8 Å². The molecule has 20 heavy (non-hydrogen) atoms. The molecule has 0 aromatic carbocycles. The molecule has 2 aliphatic heterocycles. The Kier molecular flexibility index (Phi) is 3.74. The van der Waals surface area contributed by atoms with E-state index in [2.05, 4.69) is 10.3 Å². The molecule has 112 valence electrons. The third kappa shape index (κ3) is 2.98. The molecule has 0 aliphatic carbocycles. The molecule has 8 heteroatoms. The maximum absolute atomic E-state index is 11.7. The Morgan fingerprint density at radius 3 is 3.15 bits per heavy atom. The van der Waals surface area contributed by atoms with Crippen molar-refractivity contribution in [3.8, 4) is 0 Å². The molecule has 1 spiro atoms. The van der Waals surface area contributed by atoms with Crippen molar-refractivity contribution in [2.45, 2.75) is 30.9 Å². The van der Waals surface area contributed by atoms with Crippen molar-refractivity contribution in [2.24, 2.45) is 0 Å². The summed E-state index contributed by atoms with van der Waals surface area (Å²) in [6.07, 6.45) is 5.65. The standard InChI is InChI=1S/C12H19N3O3S2/c1-20(16,17)15-5-2-3-12(9-15)7-10(8-18-12)14-11-13-4-6-19-11/h4,6,10H,2-3,5,7-9H2,1H3,(H,13,14). The second-order valence-electron chi connectivity index (χ2n) is 5.58. The zero-order valence-corrected chi connectivity index (χ0v) is 13.0. The van der Waals surface area contributed by atoms with Crippen molar-refractivity contribution in [1.29, 1.82) is 0 Å². The van der Waals surface area contributed by atoms with Crippen LogP contribution in [0.1, 0.15) is 19.3 Å². The lowest BCUT2D eigenvalue weighted by Gasteiger charge is -2.38. The molecule has 0 saturated carbocycles. The molecule has 0 radical (unpaired) electrons. The quantitative estimate of drug-likeness (QED) is 0.905. The van der Waals surface area contributed by atoms with E-state index in [4.69, 9.17) is 4.74 Å². The Hall–Kier alpha value is -0.700. The van der Waals surface area contributed by atoms with E-state index < -0.39 is 10.0 Å². The van der Waals surface area contributed by atoms with Crippen LogP contribution in [0.2, 0.25) is 0 Å². The number of thiazole rings is 1. The van der Waals surface area contributed by atoms with Crippen molar-refractivity contribution in [1.82, 2.24) is 9.29 Å². The number of rotatable bonds is 3. The molecule has 0 bridgehead atoms. The Morgan fingerprint density at radius 1 is 1.60 bits per heavy atom. The second kappa shape index (κ2) is 5.25. The van der Waals surface area contributed by atoms with Gasteiger partial charge in [0.25, 0.3) is 0 Å². The normalized spacial score (nSPS) is 31.8. The van der Waals surface area contributed by atoms with Gasteiger partial charge in [-0.05, 0) is 12.8 Å². The fourth-order valence-corrected chi connectivity index (χ4v) is 4.57. The number of sulfonamides is 1. The fourth-order valence-electron chi connectivity index (χ4n) is 3.03.